The molecule has 20 heavy (non-hydrogen) atoms. The molecule has 0 aliphatic carbocycles. The quantitative estimate of drug-likeness (QED) is 0.829. The highest BCUT2D eigenvalue weighted by atomic mass is 32.2. The van der Waals surface area contributed by atoms with Gasteiger partial charge in [0.2, 0.25) is 5.91 Å². The third-order valence-electron chi connectivity index (χ3n) is 4.21. The largest absolute Gasteiger partial charge is 0.378 e. The van der Waals surface area contributed by atoms with Gasteiger partial charge >= 0.3 is 0 Å². The molecular weight excluding hydrogens is 274 g/mol. The summed E-state index contributed by atoms with van der Waals surface area (Å²) < 4.78 is 7.36. The van der Waals surface area contributed by atoms with Crippen LogP contribution in [0.3, 0.4) is 0 Å². The highest BCUT2D eigenvalue weighted by molar-refractivity contribution is 7.99. The average molecular weight is 295 g/mol. The van der Waals surface area contributed by atoms with Gasteiger partial charge in [0.1, 0.15) is 0 Å². The SMILES string of the molecule is C[C@@H]1OCC[C@H]1C(=O)N1CCSC[C@@H]1c1cnn(C)c1. The first kappa shape index (κ1) is 13.9. The summed E-state index contributed by atoms with van der Waals surface area (Å²) in [5, 5.41) is 4.24. The van der Waals surface area contributed by atoms with Crippen molar-refractivity contribution in [2.45, 2.75) is 25.5 Å². The maximum atomic E-state index is 12.8. The van der Waals surface area contributed by atoms with E-state index in [9.17, 15) is 4.79 Å². The van der Waals surface area contributed by atoms with Crippen molar-refractivity contribution in [2.75, 3.05) is 24.7 Å². The normalized spacial score (nSPS) is 30.7. The molecule has 2 aliphatic heterocycles. The third-order valence-corrected chi connectivity index (χ3v) is 5.24. The summed E-state index contributed by atoms with van der Waals surface area (Å²) in [4.78, 5) is 14.9. The van der Waals surface area contributed by atoms with Gasteiger partial charge in [0.05, 0.1) is 24.3 Å². The first-order valence-corrected chi connectivity index (χ1v) is 8.30. The minimum Gasteiger partial charge on any atom is -0.378 e. The molecule has 2 aliphatic rings. The van der Waals surface area contributed by atoms with E-state index in [2.05, 4.69) is 5.10 Å². The van der Waals surface area contributed by atoms with E-state index in [4.69, 9.17) is 4.74 Å². The highest BCUT2D eigenvalue weighted by Gasteiger charge is 2.38. The number of amides is 1. The molecule has 5 nitrogen and oxygen atoms in total. The lowest BCUT2D eigenvalue weighted by Crippen LogP contribution is -2.45. The van der Waals surface area contributed by atoms with Crippen molar-refractivity contribution < 1.29 is 9.53 Å². The molecule has 1 amide bonds. The van der Waals surface area contributed by atoms with Crippen LogP contribution in [0.1, 0.15) is 24.9 Å². The standard InChI is InChI=1S/C14H21N3O2S/c1-10-12(3-5-19-10)14(18)17-4-6-20-9-13(17)11-7-15-16(2)8-11/h7-8,10,12-13H,3-6,9H2,1-2H3/t10-,12+,13+/m0/s1. The van der Waals surface area contributed by atoms with E-state index in [1.165, 1.54) is 0 Å². The number of aromatic nitrogens is 2. The van der Waals surface area contributed by atoms with Gasteiger partial charge in [0.15, 0.2) is 0 Å². The van der Waals surface area contributed by atoms with Crippen LogP contribution in [0, 0.1) is 5.92 Å². The molecule has 3 rings (SSSR count). The number of hydrogen-bond donors (Lipinski definition) is 0. The Hall–Kier alpha value is -1.01. The van der Waals surface area contributed by atoms with Gasteiger partial charge in [-0.3, -0.25) is 9.48 Å². The lowest BCUT2D eigenvalue weighted by Gasteiger charge is -2.37. The number of thioether (sulfide) groups is 1. The van der Waals surface area contributed by atoms with Crippen LogP contribution in [-0.2, 0) is 16.6 Å². The number of hydrogen-bond acceptors (Lipinski definition) is 4. The number of rotatable bonds is 2. The Bertz CT molecular complexity index is 491. The maximum Gasteiger partial charge on any atom is 0.228 e. The summed E-state index contributed by atoms with van der Waals surface area (Å²) in [5.74, 6) is 2.26. The summed E-state index contributed by atoms with van der Waals surface area (Å²) in [5.41, 5.74) is 1.14. The molecule has 6 heteroatoms. The topological polar surface area (TPSA) is 47.4 Å². The van der Waals surface area contributed by atoms with Crippen molar-refractivity contribution in [1.29, 1.82) is 0 Å². The molecule has 0 N–H and O–H groups in total. The van der Waals surface area contributed by atoms with Gasteiger partial charge < -0.3 is 9.64 Å². The Morgan fingerprint density at radius 2 is 2.40 bits per heavy atom. The van der Waals surface area contributed by atoms with Crippen LogP contribution in [0.2, 0.25) is 0 Å². The van der Waals surface area contributed by atoms with Crippen molar-refractivity contribution in [3.8, 4) is 0 Å². The molecule has 3 heterocycles. The fourth-order valence-corrected chi connectivity index (χ4v) is 4.11. The molecule has 110 valence electrons. The second kappa shape index (κ2) is 5.77. The molecule has 0 radical (unpaired) electrons. The van der Waals surface area contributed by atoms with Gasteiger partial charge in [-0.2, -0.15) is 16.9 Å². The molecule has 0 aromatic carbocycles. The van der Waals surface area contributed by atoms with Crippen LogP contribution in [0.15, 0.2) is 12.4 Å². The number of aryl methyl sites for hydroxylation is 1. The van der Waals surface area contributed by atoms with Gasteiger partial charge in [-0.1, -0.05) is 0 Å². The summed E-state index contributed by atoms with van der Waals surface area (Å²) in [6.45, 7) is 3.54. The van der Waals surface area contributed by atoms with E-state index in [0.717, 1.165) is 30.0 Å². The van der Waals surface area contributed by atoms with Crippen molar-refractivity contribution in [3.63, 3.8) is 0 Å². The summed E-state index contributed by atoms with van der Waals surface area (Å²) in [6, 6.07) is 0.155. The fraction of sp³-hybridized carbons (Fsp3) is 0.714. The monoisotopic (exact) mass is 295 g/mol. The molecule has 2 fully saturated rings. The summed E-state index contributed by atoms with van der Waals surface area (Å²) >= 11 is 1.91. The Kier molecular flexibility index (Phi) is 4.03. The Morgan fingerprint density at radius 1 is 1.55 bits per heavy atom. The third kappa shape index (κ3) is 2.59. The van der Waals surface area contributed by atoms with E-state index < -0.39 is 0 Å². The van der Waals surface area contributed by atoms with Crippen molar-refractivity contribution in [1.82, 2.24) is 14.7 Å². The zero-order valence-electron chi connectivity index (χ0n) is 12.0. The number of carbonyl (C=O) groups excluding carboxylic acids is 1. The maximum absolute atomic E-state index is 12.8. The summed E-state index contributed by atoms with van der Waals surface area (Å²) in [7, 11) is 1.92. The van der Waals surface area contributed by atoms with Crippen LogP contribution < -0.4 is 0 Å². The van der Waals surface area contributed by atoms with E-state index in [0.29, 0.717) is 6.61 Å². The predicted molar refractivity (Wildman–Crippen MR) is 78.5 cm³/mol. The minimum absolute atomic E-state index is 0.0253. The van der Waals surface area contributed by atoms with Crippen LogP contribution >= 0.6 is 11.8 Å². The fourth-order valence-electron chi connectivity index (χ4n) is 3.02. The van der Waals surface area contributed by atoms with Gasteiger partial charge in [-0.05, 0) is 13.3 Å². The molecule has 1 aromatic rings. The zero-order chi connectivity index (χ0) is 14.1. The van der Waals surface area contributed by atoms with Crippen LogP contribution in [0.25, 0.3) is 0 Å². The first-order chi connectivity index (χ1) is 9.66. The molecule has 3 atom stereocenters. The van der Waals surface area contributed by atoms with Gasteiger partial charge in [-0.25, -0.2) is 0 Å². The Labute approximate surface area is 123 Å². The molecular formula is C14H21N3O2S. The molecule has 1 aromatic heterocycles. The molecule has 0 spiro atoms. The number of nitrogens with zero attached hydrogens (tertiary/aromatic N) is 3. The molecule has 2 saturated heterocycles. The van der Waals surface area contributed by atoms with E-state index in [-0.39, 0.29) is 24.0 Å². The average Bonchev–Trinajstić information content (AvgIpc) is 3.07. The highest BCUT2D eigenvalue weighted by Crippen LogP contribution is 2.33. The number of carbonyl (C=O) groups is 1. The molecule has 0 unspecified atom stereocenters. The second-order valence-electron chi connectivity index (χ2n) is 5.54. The van der Waals surface area contributed by atoms with Gasteiger partial charge in [-0.15, -0.1) is 0 Å². The lowest BCUT2D eigenvalue weighted by molar-refractivity contribution is -0.139. The van der Waals surface area contributed by atoms with Crippen LogP contribution in [0.4, 0.5) is 0 Å². The second-order valence-corrected chi connectivity index (χ2v) is 6.69. The molecule has 0 bridgehead atoms. The van der Waals surface area contributed by atoms with Crippen molar-refractivity contribution in [2.24, 2.45) is 13.0 Å². The van der Waals surface area contributed by atoms with Crippen molar-refractivity contribution >= 4 is 17.7 Å². The lowest BCUT2D eigenvalue weighted by atomic mass is 9.99. The predicted octanol–water partition coefficient (Wildman–Crippen LogP) is 1.46. The first-order valence-electron chi connectivity index (χ1n) is 7.15. The van der Waals surface area contributed by atoms with Crippen LogP contribution in [0.5, 0.6) is 0 Å². The smallest absolute Gasteiger partial charge is 0.228 e. The Balaban J connectivity index is 1.80. The summed E-state index contributed by atoms with van der Waals surface area (Å²) in [6.07, 6.45) is 4.80. The van der Waals surface area contributed by atoms with E-state index in [1.54, 1.807) is 4.68 Å². The molecule has 0 saturated carbocycles. The van der Waals surface area contributed by atoms with Crippen molar-refractivity contribution in [3.05, 3.63) is 18.0 Å². The Morgan fingerprint density at radius 3 is 3.05 bits per heavy atom. The van der Waals surface area contributed by atoms with Gasteiger partial charge in [0, 0.05) is 43.5 Å². The van der Waals surface area contributed by atoms with Crippen LogP contribution in [-0.4, -0.2) is 51.3 Å². The van der Waals surface area contributed by atoms with Gasteiger partial charge in [0.25, 0.3) is 0 Å². The minimum atomic E-state index is 0.0253. The van der Waals surface area contributed by atoms with E-state index >= 15 is 0 Å². The van der Waals surface area contributed by atoms with E-state index in [1.807, 2.05) is 43.0 Å². The zero-order valence-corrected chi connectivity index (χ0v) is 12.8. The number of ether oxygens (including phenoxy) is 1.